The Hall–Kier alpha value is -2.10. The summed E-state index contributed by atoms with van der Waals surface area (Å²) < 4.78 is 15.2. The van der Waals surface area contributed by atoms with Crippen molar-refractivity contribution in [2.45, 2.75) is 39.5 Å². The molecule has 0 N–H and O–H groups in total. The molecule has 1 aromatic carbocycles. The SMILES string of the molecule is Cc1cc(C(=O)N2CCCCCC2)c(C)n1-c1ccc(F)cc1. The zero-order valence-corrected chi connectivity index (χ0v) is 13.8. The maximum absolute atomic E-state index is 13.1. The molecule has 2 heterocycles. The molecule has 4 heteroatoms. The summed E-state index contributed by atoms with van der Waals surface area (Å²) in [6, 6.07) is 8.34. The highest BCUT2D eigenvalue weighted by Gasteiger charge is 2.22. The number of carbonyl (C=O) groups excluding carboxylic acids is 1. The summed E-state index contributed by atoms with van der Waals surface area (Å²) in [5.74, 6) is -0.134. The predicted octanol–water partition coefficient (Wildman–Crippen LogP) is 4.25. The van der Waals surface area contributed by atoms with E-state index in [2.05, 4.69) is 0 Å². The monoisotopic (exact) mass is 314 g/mol. The number of aryl methyl sites for hydroxylation is 1. The Kier molecular flexibility index (Phi) is 4.51. The van der Waals surface area contributed by atoms with Crippen molar-refractivity contribution in [2.24, 2.45) is 0 Å². The zero-order chi connectivity index (χ0) is 16.4. The van der Waals surface area contributed by atoms with Gasteiger partial charge in [0.25, 0.3) is 5.91 Å². The fourth-order valence-corrected chi connectivity index (χ4v) is 3.41. The van der Waals surface area contributed by atoms with E-state index in [1.807, 2.05) is 29.4 Å². The highest BCUT2D eigenvalue weighted by atomic mass is 19.1. The average molecular weight is 314 g/mol. The number of benzene rings is 1. The topological polar surface area (TPSA) is 25.2 Å². The summed E-state index contributed by atoms with van der Waals surface area (Å²) in [5, 5.41) is 0. The van der Waals surface area contributed by atoms with Gasteiger partial charge in [-0.1, -0.05) is 12.8 Å². The molecular weight excluding hydrogens is 291 g/mol. The van der Waals surface area contributed by atoms with E-state index in [0.29, 0.717) is 0 Å². The maximum atomic E-state index is 13.1. The smallest absolute Gasteiger partial charge is 0.255 e. The van der Waals surface area contributed by atoms with E-state index in [0.717, 1.165) is 48.6 Å². The minimum atomic E-state index is -0.253. The van der Waals surface area contributed by atoms with Gasteiger partial charge in [0.05, 0.1) is 5.56 Å². The Morgan fingerprint density at radius 1 is 1.00 bits per heavy atom. The van der Waals surface area contributed by atoms with Gasteiger partial charge in [-0.3, -0.25) is 4.79 Å². The van der Waals surface area contributed by atoms with Crippen molar-refractivity contribution in [3.8, 4) is 5.69 Å². The molecule has 1 aliphatic heterocycles. The van der Waals surface area contributed by atoms with Crippen LogP contribution in [0.3, 0.4) is 0 Å². The minimum absolute atomic E-state index is 0.119. The minimum Gasteiger partial charge on any atom is -0.339 e. The molecule has 0 bridgehead atoms. The predicted molar refractivity (Wildman–Crippen MR) is 89.6 cm³/mol. The molecule has 1 aliphatic rings. The molecule has 1 amide bonds. The molecule has 122 valence electrons. The van der Waals surface area contributed by atoms with Gasteiger partial charge >= 0.3 is 0 Å². The first-order valence-corrected chi connectivity index (χ1v) is 8.32. The van der Waals surface area contributed by atoms with Gasteiger partial charge in [0.15, 0.2) is 0 Å². The number of amides is 1. The van der Waals surface area contributed by atoms with Gasteiger partial charge in [-0.2, -0.15) is 0 Å². The van der Waals surface area contributed by atoms with Crippen LogP contribution in [-0.4, -0.2) is 28.5 Å². The number of likely N-dealkylation sites (tertiary alicyclic amines) is 1. The van der Waals surface area contributed by atoms with Gasteiger partial charge in [-0.05, 0) is 57.0 Å². The number of aromatic nitrogens is 1. The lowest BCUT2D eigenvalue weighted by molar-refractivity contribution is 0.0761. The van der Waals surface area contributed by atoms with Crippen LogP contribution in [0.2, 0.25) is 0 Å². The lowest BCUT2D eigenvalue weighted by Gasteiger charge is -2.20. The van der Waals surface area contributed by atoms with Gasteiger partial charge in [0, 0.05) is 30.2 Å². The van der Waals surface area contributed by atoms with E-state index in [9.17, 15) is 9.18 Å². The molecule has 0 spiro atoms. The quantitative estimate of drug-likeness (QED) is 0.813. The molecule has 0 radical (unpaired) electrons. The van der Waals surface area contributed by atoms with Crippen LogP contribution in [-0.2, 0) is 0 Å². The highest BCUT2D eigenvalue weighted by molar-refractivity contribution is 5.96. The molecule has 0 aliphatic carbocycles. The van der Waals surface area contributed by atoms with Crippen molar-refractivity contribution in [1.29, 1.82) is 0 Å². The average Bonchev–Trinajstić information content (AvgIpc) is 2.74. The molecule has 1 saturated heterocycles. The molecule has 0 unspecified atom stereocenters. The molecule has 0 saturated carbocycles. The van der Waals surface area contributed by atoms with Crippen molar-refractivity contribution >= 4 is 5.91 Å². The Morgan fingerprint density at radius 3 is 2.22 bits per heavy atom. The molecule has 1 aromatic heterocycles. The van der Waals surface area contributed by atoms with Gasteiger partial charge in [0.1, 0.15) is 5.82 Å². The third kappa shape index (κ3) is 3.16. The summed E-state index contributed by atoms with van der Waals surface area (Å²) in [6.45, 7) is 5.63. The van der Waals surface area contributed by atoms with Crippen LogP contribution in [0.4, 0.5) is 4.39 Å². The van der Waals surface area contributed by atoms with E-state index in [1.165, 1.54) is 25.0 Å². The zero-order valence-electron chi connectivity index (χ0n) is 13.8. The standard InChI is InChI=1S/C19H23FN2O/c1-14-13-18(19(23)21-11-5-3-4-6-12-21)15(2)22(14)17-9-7-16(20)8-10-17/h7-10,13H,3-6,11-12H2,1-2H3. The third-order valence-electron chi connectivity index (χ3n) is 4.64. The van der Waals surface area contributed by atoms with Crippen LogP contribution < -0.4 is 0 Å². The summed E-state index contributed by atoms with van der Waals surface area (Å²) in [5.41, 5.74) is 3.56. The van der Waals surface area contributed by atoms with Crippen LogP contribution in [0.15, 0.2) is 30.3 Å². The van der Waals surface area contributed by atoms with Crippen molar-refractivity contribution in [3.63, 3.8) is 0 Å². The summed E-state index contributed by atoms with van der Waals surface area (Å²) in [6.07, 6.45) is 4.58. The van der Waals surface area contributed by atoms with Gasteiger partial charge in [-0.25, -0.2) is 4.39 Å². The van der Waals surface area contributed by atoms with Crippen LogP contribution in [0, 0.1) is 19.7 Å². The van der Waals surface area contributed by atoms with Crippen molar-refractivity contribution in [2.75, 3.05) is 13.1 Å². The summed E-state index contributed by atoms with van der Waals surface area (Å²) >= 11 is 0. The number of hydrogen-bond acceptors (Lipinski definition) is 1. The van der Waals surface area contributed by atoms with Crippen LogP contribution >= 0.6 is 0 Å². The fourth-order valence-electron chi connectivity index (χ4n) is 3.41. The van der Waals surface area contributed by atoms with Gasteiger partial charge in [-0.15, -0.1) is 0 Å². The van der Waals surface area contributed by atoms with Crippen LogP contribution in [0.25, 0.3) is 5.69 Å². The number of nitrogens with zero attached hydrogens (tertiary/aromatic N) is 2. The van der Waals surface area contributed by atoms with Crippen LogP contribution in [0.1, 0.15) is 47.4 Å². The second-order valence-electron chi connectivity index (χ2n) is 6.30. The largest absolute Gasteiger partial charge is 0.339 e. The van der Waals surface area contributed by atoms with E-state index < -0.39 is 0 Å². The number of halogens is 1. The first-order valence-electron chi connectivity index (χ1n) is 8.32. The van der Waals surface area contributed by atoms with Gasteiger partial charge < -0.3 is 9.47 Å². The van der Waals surface area contributed by atoms with Crippen molar-refractivity contribution in [1.82, 2.24) is 9.47 Å². The third-order valence-corrected chi connectivity index (χ3v) is 4.64. The molecule has 23 heavy (non-hydrogen) atoms. The fraction of sp³-hybridized carbons (Fsp3) is 0.421. The molecule has 0 atom stereocenters. The molecule has 2 aromatic rings. The first-order chi connectivity index (χ1) is 11.1. The Morgan fingerprint density at radius 2 is 1.61 bits per heavy atom. The Bertz CT molecular complexity index is 695. The van der Waals surface area contributed by atoms with E-state index in [1.54, 1.807) is 12.1 Å². The second-order valence-corrected chi connectivity index (χ2v) is 6.30. The Balaban J connectivity index is 1.93. The summed E-state index contributed by atoms with van der Waals surface area (Å²) in [7, 11) is 0. The molecular formula is C19H23FN2O. The number of carbonyl (C=O) groups is 1. The normalized spacial score (nSPS) is 15.5. The van der Waals surface area contributed by atoms with E-state index >= 15 is 0 Å². The number of hydrogen-bond donors (Lipinski definition) is 0. The van der Waals surface area contributed by atoms with E-state index in [-0.39, 0.29) is 11.7 Å². The highest BCUT2D eigenvalue weighted by Crippen LogP contribution is 2.23. The Labute approximate surface area is 136 Å². The molecule has 3 nitrogen and oxygen atoms in total. The first kappa shape index (κ1) is 15.8. The van der Waals surface area contributed by atoms with Crippen molar-refractivity contribution in [3.05, 3.63) is 53.1 Å². The molecule has 1 fully saturated rings. The van der Waals surface area contributed by atoms with Gasteiger partial charge in [0.2, 0.25) is 0 Å². The summed E-state index contributed by atoms with van der Waals surface area (Å²) in [4.78, 5) is 14.9. The second kappa shape index (κ2) is 6.57. The lowest BCUT2D eigenvalue weighted by Crippen LogP contribution is -2.32. The van der Waals surface area contributed by atoms with Crippen molar-refractivity contribution < 1.29 is 9.18 Å². The number of rotatable bonds is 2. The maximum Gasteiger partial charge on any atom is 0.255 e. The lowest BCUT2D eigenvalue weighted by atomic mass is 10.2. The van der Waals surface area contributed by atoms with Crippen LogP contribution in [0.5, 0.6) is 0 Å². The molecule has 3 rings (SSSR count). The van der Waals surface area contributed by atoms with E-state index in [4.69, 9.17) is 0 Å².